The van der Waals surface area contributed by atoms with Crippen LogP contribution in [0.15, 0.2) is 109 Å². The predicted molar refractivity (Wildman–Crippen MR) is 165 cm³/mol. The monoisotopic (exact) mass is 571 g/mol. The number of carbonyl (C=O) groups is 1. The largest absolute Gasteiger partial charge is 0.488 e. The minimum absolute atomic E-state index is 0.0405. The molecule has 0 saturated heterocycles. The summed E-state index contributed by atoms with van der Waals surface area (Å²) < 4.78 is 14.1. The number of aromatic nitrogens is 2. The van der Waals surface area contributed by atoms with Crippen molar-refractivity contribution in [1.82, 2.24) is 9.78 Å². The van der Waals surface area contributed by atoms with Gasteiger partial charge in [0.2, 0.25) is 0 Å². The first-order valence-corrected chi connectivity index (χ1v) is 13.9. The van der Waals surface area contributed by atoms with Gasteiger partial charge in [-0.15, -0.1) is 0 Å². The normalized spacial score (nSPS) is 13.4. The molecule has 5 aromatic rings. The van der Waals surface area contributed by atoms with Crippen molar-refractivity contribution in [3.05, 3.63) is 142 Å². The van der Waals surface area contributed by atoms with E-state index in [2.05, 4.69) is 0 Å². The minimum atomic E-state index is -0.438. The minimum Gasteiger partial charge on any atom is -0.488 e. The number of benzene rings is 4. The number of allylic oxidation sites excluding steroid dienone is 1. The number of ether oxygens (including phenoxy) is 2. The third-order valence-corrected chi connectivity index (χ3v) is 7.21. The first-order chi connectivity index (χ1) is 20.8. The van der Waals surface area contributed by atoms with Gasteiger partial charge >= 0.3 is 0 Å². The number of para-hydroxylation sites is 1. The van der Waals surface area contributed by atoms with Crippen LogP contribution in [0, 0.1) is 10.1 Å². The van der Waals surface area contributed by atoms with Crippen LogP contribution in [0.5, 0.6) is 11.5 Å². The summed E-state index contributed by atoms with van der Waals surface area (Å²) in [5, 5.41) is 16.2. The summed E-state index contributed by atoms with van der Waals surface area (Å²) in [6.45, 7) is 4.33. The van der Waals surface area contributed by atoms with Gasteiger partial charge in [-0.1, -0.05) is 60.7 Å². The fraction of sp³-hybridized carbons (Fsp3) is 0.143. The molecule has 4 aromatic carbocycles. The van der Waals surface area contributed by atoms with Crippen molar-refractivity contribution in [3.63, 3.8) is 0 Å². The molecule has 0 bridgehead atoms. The molecule has 0 aliphatic carbocycles. The third kappa shape index (κ3) is 5.94. The van der Waals surface area contributed by atoms with E-state index in [-0.39, 0.29) is 11.5 Å². The number of rotatable bonds is 9. The van der Waals surface area contributed by atoms with Gasteiger partial charge < -0.3 is 9.47 Å². The van der Waals surface area contributed by atoms with Crippen LogP contribution in [0.4, 0.5) is 5.69 Å². The van der Waals surface area contributed by atoms with Crippen LogP contribution in [-0.2, 0) is 13.0 Å². The number of non-ortho nitro benzene ring substituents is 1. The highest BCUT2D eigenvalue weighted by atomic mass is 16.6. The maximum Gasteiger partial charge on any atom is 0.270 e. The summed E-state index contributed by atoms with van der Waals surface area (Å²) in [6, 6.07) is 29.2. The standard InChI is InChI=1S/C35H29N3O5/c1-35(2)21-30-32(43-35)19-17-29(34(30)42-23-24-10-5-3-6-11-24)31(39)18-16-26-22-37(27-13-7-4-8-14-27)36-33(26)25-12-9-15-28(20-25)38(40)41/h3-20,22H,21,23H2,1-2H3/b18-16+. The van der Waals surface area contributed by atoms with Crippen LogP contribution in [-0.4, -0.2) is 26.1 Å². The highest BCUT2D eigenvalue weighted by Gasteiger charge is 2.34. The third-order valence-electron chi connectivity index (χ3n) is 7.21. The first kappa shape index (κ1) is 27.7. The molecule has 2 heterocycles. The summed E-state index contributed by atoms with van der Waals surface area (Å²) >= 11 is 0. The van der Waals surface area contributed by atoms with E-state index in [1.807, 2.05) is 80.6 Å². The number of nitro groups is 1. The molecular formula is C35H29N3O5. The highest BCUT2D eigenvalue weighted by Crippen LogP contribution is 2.43. The summed E-state index contributed by atoms with van der Waals surface area (Å²) in [5.41, 5.74) is 4.37. The molecule has 0 unspecified atom stereocenters. The molecule has 1 aliphatic rings. The van der Waals surface area contributed by atoms with E-state index in [0.29, 0.717) is 46.9 Å². The maximum absolute atomic E-state index is 13.8. The molecule has 0 N–H and O–H groups in total. The zero-order valence-electron chi connectivity index (χ0n) is 23.8. The second-order valence-corrected chi connectivity index (χ2v) is 10.9. The van der Waals surface area contributed by atoms with Gasteiger partial charge in [0, 0.05) is 41.4 Å². The topological polar surface area (TPSA) is 96.5 Å². The van der Waals surface area contributed by atoms with Gasteiger partial charge in [-0.05, 0) is 55.8 Å². The van der Waals surface area contributed by atoms with Crippen molar-refractivity contribution in [2.45, 2.75) is 32.5 Å². The van der Waals surface area contributed by atoms with Gasteiger partial charge in [0.05, 0.1) is 16.2 Å². The number of nitrogens with zero attached hydrogens (tertiary/aromatic N) is 3. The molecule has 0 saturated carbocycles. The second kappa shape index (κ2) is 11.4. The van der Waals surface area contributed by atoms with Gasteiger partial charge in [0.25, 0.3) is 5.69 Å². The van der Waals surface area contributed by atoms with Crippen molar-refractivity contribution >= 4 is 17.5 Å². The average Bonchev–Trinajstić information content (AvgIpc) is 3.59. The lowest BCUT2D eigenvalue weighted by Crippen LogP contribution is -2.24. The zero-order chi connectivity index (χ0) is 30.0. The van der Waals surface area contributed by atoms with Gasteiger partial charge in [-0.3, -0.25) is 14.9 Å². The van der Waals surface area contributed by atoms with Crippen LogP contribution in [0.2, 0.25) is 0 Å². The lowest BCUT2D eigenvalue weighted by molar-refractivity contribution is -0.384. The Morgan fingerprint density at radius 2 is 1.77 bits per heavy atom. The number of nitro benzene ring substituents is 1. The van der Waals surface area contributed by atoms with E-state index in [4.69, 9.17) is 14.6 Å². The van der Waals surface area contributed by atoms with Crippen molar-refractivity contribution in [1.29, 1.82) is 0 Å². The maximum atomic E-state index is 13.8. The summed E-state index contributed by atoms with van der Waals surface area (Å²) in [4.78, 5) is 24.8. The first-order valence-electron chi connectivity index (χ1n) is 13.9. The quantitative estimate of drug-likeness (QED) is 0.0781. The van der Waals surface area contributed by atoms with Crippen molar-refractivity contribution in [2.24, 2.45) is 0 Å². The highest BCUT2D eigenvalue weighted by molar-refractivity contribution is 6.09. The lowest BCUT2D eigenvalue weighted by Gasteiger charge is -2.16. The van der Waals surface area contributed by atoms with Gasteiger partial charge in [0.1, 0.15) is 29.4 Å². The molecule has 0 atom stereocenters. The summed E-state index contributed by atoms with van der Waals surface area (Å²) in [5.74, 6) is 0.985. The van der Waals surface area contributed by atoms with Crippen LogP contribution in [0.1, 0.15) is 40.9 Å². The Labute approximate surface area is 249 Å². The van der Waals surface area contributed by atoms with E-state index in [9.17, 15) is 14.9 Å². The predicted octanol–water partition coefficient (Wildman–Crippen LogP) is 7.64. The van der Waals surface area contributed by atoms with Crippen molar-refractivity contribution in [3.8, 4) is 28.4 Å². The number of hydrogen-bond acceptors (Lipinski definition) is 6. The Kier molecular flexibility index (Phi) is 7.34. The van der Waals surface area contributed by atoms with E-state index in [1.165, 1.54) is 18.2 Å². The molecule has 0 fully saturated rings. The summed E-state index contributed by atoms with van der Waals surface area (Å²) in [6.07, 6.45) is 5.60. The second-order valence-electron chi connectivity index (χ2n) is 10.9. The van der Waals surface area contributed by atoms with Crippen molar-refractivity contribution < 1.29 is 19.2 Å². The Hall–Kier alpha value is -5.50. The molecule has 8 nitrogen and oxygen atoms in total. The Morgan fingerprint density at radius 3 is 2.51 bits per heavy atom. The Bertz CT molecular complexity index is 1840. The van der Waals surface area contributed by atoms with Gasteiger partial charge in [0.15, 0.2) is 5.78 Å². The van der Waals surface area contributed by atoms with Crippen LogP contribution in [0.25, 0.3) is 23.0 Å². The zero-order valence-corrected chi connectivity index (χ0v) is 23.8. The van der Waals surface area contributed by atoms with Gasteiger partial charge in [-0.2, -0.15) is 5.10 Å². The number of ketones is 1. The molecule has 214 valence electrons. The summed E-state index contributed by atoms with van der Waals surface area (Å²) in [7, 11) is 0. The number of carbonyl (C=O) groups excluding carboxylic acids is 1. The van der Waals surface area contributed by atoms with E-state index in [1.54, 1.807) is 35.2 Å². The number of fused-ring (bicyclic) bond motifs is 1. The number of hydrogen-bond donors (Lipinski definition) is 0. The molecular weight excluding hydrogens is 542 g/mol. The molecule has 0 spiro atoms. The lowest BCUT2D eigenvalue weighted by atomic mass is 9.97. The molecule has 8 heteroatoms. The van der Waals surface area contributed by atoms with Crippen LogP contribution >= 0.6 is 0 Å². The molecule has 1 aromatic heterocycles. The Morgan fingerprint density at radius 1 is 1.02 bits per heavy atom. The molecule has 0 amide bonds. The molecule has 43 heavy (non-hydrogen) atoms. The smallest absolute Gasteiger partial charge is 0.270 e. The fourth-order valence-electron chi connectivity index (χ4n) is 5.19. The molecule has 0 radical (unpaired) electrons. The molecule has 1 aliphatic heterocycles. The van der Waals surface area contributed by atoms with E-state index >= 15 is 0 Å². The fourth-order valence-corrected chi connectivity index (χ4v) is 5.19. The SMILES string of the molecule is CC1(C)Cc2c(ccc(C(=O)/C=C/c3cn(-c4ccccc4)nc3-c3cccc([N+](=O)[O-])c3)c2OCc2ccccc2)O1. The Balaban J connectivity index is 1.37. The van der Waals surface area contributed by atoms with E-state index in [0.717, 1.165) is 16.8 Å². The average molecular weight is 572 g/mol. The van der Waals surface area contributed by atoms with Crippen LogP contribution < -0.4 is 9.47 Å². The molecule has 6 rings (SSSR count). The van der Waals surface area contributed by atoms with E-state index < -0.39 is 10.5 Å². The van der Waals surface area contributed by atoms with Crippen LogP contribution in [0.3, 0.4) is 0 Å². The van der Waals surface area contributed by atoms with Gasteiger partial charge in [-0.25, -0.2) is 4.68 Å². The van der Waals surface area contributed by atoms with Crippen molar-refractivity contribution in [2.75, 3.05) is 0 Å².